The van der Waals surface area contributed by atoms with Crippen LogP contribution in [0.1, 0.15) is 44.9 Å². The van der Waals surface area contributed by atoms with Gasteiger partial charge in [-0.15, -0.1) is 0 Å². The van der Waals surface area contributed by atoms with Crippen molar-refractivity contribution in [2.45, 2.75) is 44.9 Å². The highest BCUT2D eigenvalue weighted by molar-refractivity contribution is 5.86. The zero-order valence-corrected chi connectivity index (χ0v) is 12.5. The lowest BCUT2D eigenvalue weighted by Gasteiger charge is -2.42. The van der Waals surface area contributed by atoms with Gasteiger partial charge in [-0.2, -0.15) is 0 Å². The average Bonchev–Trinajstić information content (AvgIpc) is 2.53. The predicted molar refractivity (Wildman–Crippen MR) is 79.6 cm³/mol. The third-order valence-corrected chi connectivity index (χ3v) is 5.63. The van der Waals surface area contributed by atoms with Gasteiger partial charge in [0.25, 0.3) is 0 Å². The number of rotatable bonds is 4. The van der Waals surface area contributed by atoms with Crippen LogP contribution in [0.15, 0.2) is 12.2 Å². The van der Waals surface area contributed by atoms with Crippen LogP contribution in [-0.2, 0) is 9.59 Å². The highest BCUT2D eigenvalue weighted by Crippen LogP contribution is 2.45. The number of hydrogen-bond acceptors (Lipinski definition) is 2. The highest BCUT2D eigenvalue weighted by atomic mass is 16.4. The van der Waals surface area contributed by atoms with E-state index in [-0.39, 0.29) is 23.7 Å². The summed E-state index contributed by atoms with van der Waals surface area (Å²) in [4.78, 5) is 24.1. The van der Waals surface area contributed by atoms with Gasteiger partial charge >= 0.3 is 5.97 Å². The quantitative estimate of drug-likeness (QED) is 0.782. The van der Waals surface area contributed by atoms with Crippen LogP contribution in [0, 0.1) is 29.6 Å². The molecule has 0 aromatic rings. The minimum atomic E-state index is -0.813. The minimum Gasteiger partial charge on any atom is -0.481 e. The van der Waals surface area contributed by atoms with E-state index in [1.54, 1.807) is 0 Å². The van der Waals surface area contributed by atoms with Crippen LogP contribution in [0.4, 0.5) is 0 Å². The molecule has 4 aliphatic rings. The van der Waals surface area contributed by atoms with E-state index in [1.807, 2.05) is 6.08 Å². The van der Waals surface area contributed by atoms with Crippen LogP contribution in [0.5, 0.6) is 0 Å². The Morgan fingerprint density at radius 3 is 2.14 bits per heavy atom. The minimum absolute atomic E-state index is 0.0352. The third kappa shape index (κ3) is 2.99. The van der Waals surface area contributed by atoms with Gasteiger partial charge in [0.2, 0.25) is 5.91 Å². The first-order valence-electron chi connectivity index (χ1n) is 8.35. The topological polar surface area (TPSA) is 66.4 Å². The molecule has 21 heavy (non-hydrogen) atoms. The monoisotopic (exact) mass is 291 g/mol. The molecule has 4 rings (SSSR count). The van der Waals surface area contributed by atoms with Gasteiger partial charge in [0.15, 0.2) is 0 Å². The maximum absolute atomic E-state index is 12.5. The van der Waals surface area contributed by atoms with E-state index < -0.39 is 11.9 Å². The number of carboxylic acids is 1. The zero-order chi connectivity index (χ0) is 14.8. The number of carbonyl (C=O) groups excluding carboxylic acids is 1. The Morgan fingerprint density at radius 2 is 1.57 bits per heavy atom. The molecule has 0 aromatic carbocycles. The van der Waals surface area contributed by atoms with E-state index in [2.05, 4.69) is 11.4 Å². The molecular formula is C17H25NO3. The number of carbonyl (C=O) groups is 2. The molecular weight excluding hydrogens is 266 g/mol. The number of hydrogen-bond donors (Lipinski definition) is 2. The molecule has 1 amide bonds. The normalized spacial score (nSPS) is 35.6. The number of allylic oxidation sites excluding steroid dienone is 2. The van der Waals surface area contributed by atoms with E-state index in [1.165, 1.54) is 32.1 Å². The van der Waals surface area contributed by atoms with Crippen LogP contribution in [0.3, 0.4) is 0 Å². The fourth-order valence-electron chi connectivity index (χ4n) is 4.44. The van der Waals surface area contributed by atoms with Crippen molar-refractivity contribution in [3.63, 3.8) is 0 Å². The van der Waals surface area contributed by atoms with Crippen molar-refractivity contribution in [1.29, 1.82) is 0 Å². The molecule has 2 fully saturated rings. The first kappa shape index (κ1) is 14.6. The largest absolute Gasteiger partial charge is 0.481 e. The summed E-state index contributed by atoms with van der Waals surface area (Å²) in [5, 5.41) is 12.5. The van der Waals surface area contributed by atoms with E-state index >= 15 is 0 Å². The van der Waals surface area contributed by atoms with Crippen molar-refractivity contribution in [2.24, 2.45) is 29.6 Å². The Kier molecular flexibility index (Phi) is 4.32. The van der Waals surface area contributed by atoms with Gasteiger partial charge in [-0.25, -0.2) is 0 Å². The Labute approximate surface area is 126 Å². The molecule has 0 heterocycles. The summed E-state index contributed by atoms with van der Waals surface area (Å²) in [6.45, 7) is 0.725. The molecule has 2 bridgehead atoms. The molecule has 0 aromatic heterocycles. The average molecular weight is 291 g/mol. The van der Waals surface area contributed by atoms with Crippen molar-refractivity contribution in [3.8, 4) is 0 Å². The lowest BCUT2D eigenvalue weighted by molar-refractivity contribution is -0.153. The molecule has 0 unspecified atom stereocenters. The maximum atomic E-state index is 12.5. The third-order valence-electron chi connectivity index (χ3n) is 5.63. The first-order chi connectivity index (χ1) is 10.2. The van der Waals surface area contributed by atoms with Gasteiger partial charge < -0.3 is 10.4 Å². The van der Waals surface area contributed by atoms with Crippen molar-refractivity contribution in [1.82, 2.24) is 5.32 Å². The summed E-state index contributed by atoms with van der Waals surface area (Å²) < 4.78 is 0. The van der Waals surface area contributed by atoms with Crippen LogP contribution in [-0.4, -0.2) is 23.5 Å². The molecule has 0 spiro atoms. The number of nitrogens with one attached hydrogen (secondary N) is 1. The molecule has 0 radical (unpaired) electrons. The number of fused-ring (bicyclic) bond motifs is 2. The smallest absolute Gasteiger partial charge is 0.307 e. The molecule has 0 aliphatic heterocycles. The lowest BCUT2D eigenvalue weighted by Crippen LogP contribution is -2.49. The van der Waals surface area contributed by atoms with Crippen molar-refractivity contribution in [3.05, 3.63) is 12.2 Å². The zero-order valence-electron chi connectivity index (χ0n) is 12.5. The van der Waals surface area contributed by atoms with Crippen LogP contribution in [0.25, 0.3) is 0 Å². The van der Waals surface area contributed by atoms with Crippen LogP contribution in [0.2, 0.25) is 0 Å². The first-order valence-corrected chi connectivity index (χ1v) is 8.35. The number of amides is 1. The molecule has 4 aliphatic carbocycles. The fourth-order valence-corrected chi connectivity index (χ4v) is 4.44. The van der Waals surface area contributed by atoms with Gasteiger partial charge in [-0.1, -0.05) is 31.4 Å². The molecule has 4 heteroatoms. The molecule has 4 nitrogen and oxygen atoms in total. The van der Waals surface area contributed by atoms with Gasteiger partial charge in [-0.3, -0.25) is 9.59 Å². The second kappa shape index (κ2) is 6.20. The van der Waals surface area contributed by atoms with Crippen molar-refractivity contribution >= 4 is 11.9 Å². The number of carboxylic acid groups (broad SMARTS) is 1. The van der Waals surface area contributed by atoms with Crippen LogP contribution >= 0.6 is 0 Å². The highest BCUT2D eigenvalue weighted by Gasteiger charge is 2.48. The Hall–Kier alpha value is -1.32. The maximum Gasteiger partial charge on any atom is 0.307 e. The van der Waals surface area contributed by atoms with Gasteiger partial charge in [0.1, 0.15) is 0 Å². The van der Waals surface area contributed by atoms with Crippen molar-refractivity contribution in [2.75, 3.05) is 6.54 Å². The standard InChI is InChI=1S/C17H25NO3/c19-16(18-10-11-4-2-1-3-5-11)14-12-6-8-13(9-7-12)15(14)17(20)21/h6,8,11-15H,1-5,7,9-10H2,(H,18,19)(H,20,21)/t12-,13+,14-,15+/m0/s1. The summed E-state index contributed by atoms with van der Waals surface area (Å²) in [6.07, 6.45) is 12.2. The Bertz CT molecular complexity index is 439. The summed E-state index contributed by atoms with van der Waals surface area (Å²) in [5.74, 6) is -1.00. The number of aliphatic carboxylic acids is 1. The molecule has 4 atom stereocenters. The van der Waals surface area contributed by atoms with E-state index in [9.17, 15) is 14.7 Å². The molecule has 2 N–H and O–H groups in total. The predicted octanol–water partition coefficient (Wildman–Crippen LogP) is 2.60. The lowest BCUT2D eigenvalue weighted by atomic mass is 9.62. The summed E-state index contributed by atoms with van der Waals surface area (Å²) in [6, 6.07) is 0. The summed E-state index contributed by atoms with van der Waals surface area (Å²) >= 11 is 0. The molecule has 2 saturated carbocycles. The Morgan fingerprint density at radius 1 is 0.952 bits per heavy atom. The summed E-state index contributed by atoms with van der Waals surface area (Å²) in [7, 11) is 0. The van der Waals surface area contributed by atoms with Crippen LogP contribution < -0.4 is 5.32 Å². The van der Waals surface area contributed by atoms with Gasteiger partial charge in [0, 0.05) is 6.54 Å². The van der Waals surface area contributed by atoms with Gasteiger partial charge in [-0.05, 0) is 43.4 Å². The second-order valence-electron chi connectivity index (χ2n) is 6.93. The van der Waals surface area contributed by atoms with E-state index in [0.29, 0.717) is 5.92 Å². The SMILES string of the molecule is O=C(NCC1CCCCC1)[C@@H]1[C@H](C(=O)O)[C@@H]2C=C[C@H]1CC2. The van der Waals surface area contributed by atoms with E-state index in [0.717, 1.165) is 19.4 Å². The second-order valence-corrected chi connectivity index (χ2v) is 6.93. The summed E-state index contributed by atoms with van der Waals surface area (Å²) in [5.41, 5.74) is 0. The van der Waals surface area contributed by atoms with Gasteiger partial charge in [0.05, 0.1) is 11.8 Å². The van der Waals surface area contributed by atoms with Crippen molar-refractivity contribution < 1.29 is 14.7 Å². The molecule has 0 saturated heterocycles. The Balaban J connectivity index is 1.62. The van der Waals surface area contributed by atoms with E-state index in [4.69, 9.17) is 0 Å². The molecule has 116 valence electrons. The fraction of sp³-hybridized carbons (Fsp3) is 0.765.